The average Bonchev–Trinajstić information content (AvgIpc) is 2.26. The molecular formula is C15H24O2Si. The molecule has 0 saturated heterocycles. The van der Waals surface area contributed by atoms with E-state index in [1.54, 1.807) is 0 Å². The quantitative estimate of drug-likeness (QED) is 0.567. The second kappa shape index (κ2) is 5.61. The highest BCUT2D eigenvalue weighted by molar-refractivity contribution is 6.74. The van der Waals surface area contributed by atoms with Crippen LogP contribution in [-0.4, -0.2) is 8.32 Å². The highest BCUT2D eigenvalue weighted by atomic mass is 28.4. The highest BCUT2D eigenvalue weighted by Gasteiger charge is 2.39. The van der Waals surface area contributed by atoms with Crippen molar-refractivity contribution in [3.63, 3.8) is 0 Å². The number of hydrogen-bond donors (Lipinski definition) is 0. The summed E-state index contributed by atoms with van der Waals surface area (Å²) in [6.07, 6.45) is 0. The Morgan fingerprint density at radius 2 is 1.72 bits per heavy atom. The number of rotatable bonds is 5. The molecule has 0 radical (unpaired) electrons. The van der Waals surface area contributed by atoms with Crippen LogP contribution in [0.25, 0.3) is 0 Å². The zero-order valence-corrected chi connectivity index (χ0v) is 13.1. The van der Waals surface area contributed by atoms with Crippen LogP contribution in [0.2, 0.25) is 18.1 Å². The molecule has 18 heavy (non-hydrogen) atoms. The molecule has 0 spiro atoms. The third kappa shape index (κ3) is 4.22. The summed E-state index contributed by atoms with van der Waals surface area (Å²) < 4.78 is 11.5. The van der Waals surface area contributed by atoms with Crippen molar-refractivity contribution < 1.29 is 9.16 Å². The first kappa shape index (κ1) is 14.8. The van der Waals surface area contributed by atoms with Gasteiger partial charge in [-0.3, -0.25) is 0 Å². The summed E-state index contributed by atoms with van der Waals surface area (Å²) in [6, 6.07) is 10.0. The van der Waals surface area contributed by atoms with Gasteiger partial charge in [-0.15, -0.1) is 0 Å². The first-order chi connectivity index (χ1) is 8.22. The van der Waals surface area contributed by atoms with Gasteiger partial charge in [-0.05, 0) is 30.3 Å². The van der Waals surface area contributed by atoms with E-state index in [4.69, 9.17) is 9.16 Å². The molecule has 1 aromatic rings. The zero-order chi connectivity index (χ0) is 13.8. The summed E-state index contributed by atoms with van der Waals surface area (Å²) in [5, 5.41) is 0.159. The van der Waals surface area contributed by atoms with Crippen molar-refractivity contribution in [1.29, 1.82) is 0 Å². The van der Waals surface area contributed by atoms with Crippen molar-refractivity contribution in [3.05, 3.63) is 48.4 Å². The summed E-state index contributed by atoms with van der Waals surface area (Å²) in [5.74, 6) is 0.436. The van der Waals surface area contributed by atoms with E-state index in [0.29, 0.717) is 12.6 Å². The van der Waals surface area contributed by atoms with Crippen molar-refractivity contribution in [1.82, 2.24) is 0 Å². The van der Waals surface area contributed by atoms with Gasteiger partial charge in [-0.25, -0.2) is 0 Å². The second-order valence-electron chi connectivity index (χ2n) is 6.01. The van der Waals surface area contributed by atoms with Crippen LogP contribution in [0, 0.1) is 0 Å². The van der Waals surface area contributed by atoms with Gasteiger partial charge in [0, 0.05) is 0 Å². The van der Waals surface area contributed by atoms with E-state index in [-0.39, 0.29) is 5.04 Å². The minimum atomic E-state index is -1.83. The fraction of sp³-hybridized carbons (Fsp3) is 0.467. The van der Waals surface area contributed by atoms with Crippen molar-refractivity contribution in [3.8, 4) is 0 Å². The predicted octanol–water partition coefficient (Wildman–Crippen LogP) is 4.70. The minimum Gasteiger partial charge on any atom is -0.519 e. The van der Waals surface area contributed by atoms with Gasteiger partial charge < -0.3 is 9.16 Å². The Balaban J connectivity index is 2.48. The normalized spacial score (nSPS) is 12.1. The van der Waals surface area contributed by atoms with Gasteiger partial charge in [0.2, 0.25) is 0 Å². The molecule has 0 aliphatic carbocycles. The van der Waals surface area contributed by atoms with Gasteiger partial charge in [0.25, 0.3) is 14.3 Å². The van der Waals surface area contributed by atoms with Crippen molar-refractivity contribution in [2.45, 2.75) is 45.5 Å². The topological polar surface area (TPSA) is 18.5 Å². The molecule has 0 unspecified atom stereocenters. The Labute approximate surface area is 112 Å². The van der Waals surface area contributed by atoms with E-state index in [1.807, 2.05) is 30.3 Å². The molecule has 1 rings (SSSR count). The molecule has 1 aromatic carbocycles. The molecule has 0 aliphatic heterocycles. The summed E-state index contributed by atoms with van der Waals surface area (Å²) >= 11 is 0. The van der Waals surface area contributed by atoms with E-state index in [9.17, 15) is 0 Å². The van der Waals surface area contributed by atoms with E-state index >= 15 is 0 Å². The molecule has 0 saturated carbocycles. The van der Waals surface area contributed by atoms with Gasteiger partial charge >= 0.3 is 0 Å². The fourth-order valence-corrected chi connectivity index (χ4v) is 2.14. The molecule has 0 N–H and O–H groups in total. The Hall–Kier alpha value is -1.22. The molecule has 0 heterocycles. The zero-order valence-electron chi connectivity index (χ0n) is 12.1. The molecule has 0 aromatic heterocycles. The highest BCUT2D eigenvalue weighted by Crippen LogP contribution is 2.37. The predicted molar refractivity (Wildman–Crippen MR) is 78.7 cm³/mol. The lowest BCUT2D eigenvalue weighted by molar-refractivity contribution is 0.0898. The minimum absolute atomic E-state index is 0.159. The Morgan fingerprint density at radius 1 is 1.17 bits per heavy atom. The molecule has 3 heteroatoms. The third-order valence-electron chi connectivity index (χ3n) is 3.42. The first-order valence-corrected chi connectivity index (χ1v) is 9.18. The van der Waals surface area contributed by atoms with Crippen LogP contribution in [-0.2, 0) is 15.8 Å². The Bertz CT molecular complexity index is 391. The average molecular weight is 264 g/mol. The summed E-state index contributed by atoms with van der Waals surface area (Å²) in [5.41, 5.74) is 1.12. The lowest BCUT2D eigenvalue weighted by atomic mass is 10.2. The number of hydrogen-bond acceptors (Lipinski definition) is 2. The molecule has 0 bridgehead atoms. The lowest BCUT2D eigenvalue weighted by Gasteiger charge is -2.36. The van der Waals surface area contributed by atoms with Gasteiger partial charge in [0.15, 0.2) is 0 Å². The van der Waals surface area contributed by atoms with Gasteiger partial charge in [-0.2, -0.15) is 0 Å². The van der Waals surface area contributed by atoms with E-state index < -0.39 is 8.32 Å². The lowest BCUT2D eigenvalue weighted by Crippen LogP contribution is -2.40. The summed E-state index contributed by atoms with van der Waals surface area (Å²) in [7, 11) is -1.83. The van der Waals surface area contributed by atoms with Crippen molar-refractivity contribution >= 4 is 8.32 Å². The van der Waals surface area contributed by atoms with Gasteiger partial charge in [-0.1, -0.05) is 51.1 Å². The Kier molecular flexibility index (Phi) is 4.63. The van der Waals surface area contributed by atoms with Crippen molar-refractivity contribution in [2.24, 2.45) is 0 Å². The molecule has 0 aliphatic rings. The van der Waals surface area contributed by atoms with Crippen LogP contribution in [0.1, 0.15) is 26.3 Å². The smallest absolute Gasteiger partial charge is 0.258 e. The third-order valence-corrected chi connectivity index (χ3v) is 7.77. The van der Waals surface area contributed by atoms with E-state index in [0.717, 1.165) is 5.56 Å². The SMILES string of the molecule is C=C(OCc1ccccc1)O[Si](C)(C)C(C)(C)C. The van der Waals surface area contributed by atoms with Gasteiger partial charge in [0.1, 0.15) is 6.61 Å². The molecule has 100 valence electrons. The molecule has 0 atom stereocenters. The number of benzene rings is 1. The van der Waals surface area contributed by atoms with Crippen LogP contribution in [0.4, 0.5) is 0 Å². The standard InChI is InChI=1S/C15H24O2Si/c1-13(17-18(5,6)15(2,3)4)16-12-14-10-8-7-9-11-14/h7-11H,1,12H2,2-6H3. The monoisotopic (exact) mass is 264 g/mol. The second-order valence-corrected chi connectivity index (χ2v) is 10.7. The van der Waals surface area contributed by atoms with E-state index in [1.165, 1.54) is 0 Å². The summed E-state index contributed by atoms with van der Waals surface area (Å²) in [6.45, 7) is 15.3. The van der Waals surface area contributed by atoms with Crippen LogP contribution >= 0.6 is 0 Å². The maximum absolute atomic E-state index is 5.95. The number of ether oxygens (including phenoxy) is 1. The van der Waals surface area contributed by atoms with Crippen LogP contribution in [0.5, 0.6) is 0 Å². The van der Waals surface area contributed by atoms with Gasteiger partial charge in [0.05, 0.1) is 0 Å². The largest absolute Gasteiger partial charge is 0.519 e. The summed E-state index contributed by atoms with van der Waals surface area (Å²) in [4.78, 5) is 0. The molecular weight excluding hydrogens is 240 g/mol. The fourth-order valence-electron chi connectivity index (χ4n) is 1.21. The molecule has 0 amide bonds. The first-order valence-electron chi connectivity index (χ1n) is 6.27. The Morgan fingerprint density at radius 3 is 2.22 bits per heavy atom. The van der Waals surface area contributed by atoms with Crippen LogP contribution < -0.4 is 0 Å². The van der Waals surface area contributed by atoms with E-state index in [2.05, 4.69) is 40.4 Å². The van der Waals surface area contributed by atoms with Crippen molar-refractivity contribution in [2.75, 3.05) is 0 Å². The van der Waals surface area contributed by atoms with Crippen LogP contribution in [0.3, 0.4) is 0 Å². The van der Waals surface area contributed by atoms with Crippen LogP contribution in [0.15, 0.2) is 42.9 Å². The molecule has 2 nitrogen and oxygen atoms in total. The maximum atomic E-state index is 5.95. The molecule has 0 fully saturated rings. The maximum Gasteiger partial charge on any atom is 0.258 e.